The van der Waals surface area contributed by atoms with Crippen molar-refractivity contribution in [3.8, 4) is 5.75 Å². The lowest BCUT2D eigenvalue weighted by molar-refractivity contribution is -0.133. The Morgan fingerprint density at radius 1 is 1.43 bits per heavy atom. The Kier molecular flexibility index (Phi) is 2.70. The van der Waals surface area contributed by atoms with Crippen LogP contribution in [0.1, 0.15) is 17.5 Å². The lowest BCUT2D eigenvalue weighted by Crippen LogP contribution is -2.67. The molecule has 0 amide bonds. The zero-order chi connectivity index (χ0) is 14.6. The topological polar surface area (TPSA) is 48.0 Å². The highest BCUT2D eigenvalue weighted by Crippen LogP contribution is 2.49. The molecule has 2 heterocycles. The smallest absolute Gasteiger partial charge is 0.497 e. The molecule has 1 aliphatic carbocycles. The van der Waals surface area contributed by atoms with Gasteiger partial charge < -0.3 is 14.2 Å². The van der Waals surface area contributed by atoms with Gasteiger partial charge in [0.2, 0.25) is 0 Å². The zero-order valence-electron chi connectivity index (χ0n) is 12.3. The molecule has 21 heavy (non-hydrogen) atoms. The number of likely N-dealkylation sites (tertiary alicyclic amines) is 1. The fourth-order valence-electron chi connectivity index (χ4n) is 4.13. The Hall–Kier alpha value is -1.75. The molecule has 2 fully saturated rings. The summed E-state index contributed by atoms with van der Waals surface area (Å²) in [4.78, 5) is 13.9. The van der Waals surface area contributed by atoms with Gasteiger partial charge in [-0.1, -0.05) is 6.07 Å². The summed E-state index contributed by atoms with van der Waals surface area (Å²) < 4.78 is 16.3. The quantitative estimate of drug-likeness (QED) is 0.737. The van der Waals surface area contributed by atoms with Crippen LogP contribution >= 0.6 is 0 Å². The maximum absolute atomic E-state index is 11.6. The molecule has 4 rings (SSSR count). The number of piperidine rings is 1. The lowest BCUT2D eigenvalue weighted by Gasteiger charge is -2.55. The van der Waals surface area contributed by atoms with Crippen molar-refractivity contribution < 1.29 is 19.0 Å². The van der Waals surface area contributed by atoms with Crippen molar-refractivity contribution in [3.05, 3.63) is 29.3 Å². The number of cyclic esters (lactones) is 1. The van der Waals surface area contributed by atoms with E-state index in [1.807, 2.05) is 6.07 Å². The molecule has 5 heteroatoms. The molecule has 0 aromatic heterocycles. The molecule has 0 radical (unpaired) electrons. The minimum Gasteiger partial charge on any atom is -0.497 e. The van der Waals surface area contributed by atoms with E-state index in [9.17, 15) is 4.79 Å². The van der Waals surface area contributed by atoms with E-state index in [1.165, 1.54) is 11.1 Å². The Balaban J connectivity index is 1.88. The van der Waals surface area contributed by atoms with Gasteiger partial charge in [-0.25, -0.2) is 4.79 Å². The molecule has 112 valence electrons. The van der Waals surface area contributed by atoms with Gasteiger partial charge in [-0.15, -0.1) is 0 Å². The van der Waals surface area contributed by atoms with Crippen molar-refractivity contribution in [2.45, 2.75) is 30.4 Å². The molecule has 3 aliphatic rings. The van der Waals surface area contributed by atoms with Gasteiger partial charge in [-0.2, -0.15) is 0 Å². The van der Waals surface area contributed by atoms with E-state index < -0.39 is 6.16 Å². The molecule has 5 nitrogen and oxygen atoms in total. The SMILES string of the molecule is COc1ccc2c(c1)[C@]13CCN(C)[C@H](C2)[C@@H]1OC(=O)OC3. The largest absolute Gasteiger partial charge is 0.508 e. The number of ether oxygens (including phenoxy) is 3. The van der Waals surface area contributed by atoms with Crippen LogP contribution in [0, 0.1) is 0 Å². The molecular formula is C16H19NO4. The molecule has 0 unspecified atom stereocenters. The van der Waals surface area contributed by atoms with E-state index in [-0.39, 0.29) is 17.6 Å². The molecule has 2 bridgehead atoms. The predicted molar refractivity (Wildman–Crippen MR) is 75.6 cm³/mol. The Bertz CT molecular complexity index is 602. The van der Waals surface area contributed by atoms with E-state index >= 15 is 0 Å². The second-order valence-electron chi connectivity index (χ2n) is 6.26. The van der Waals surface area contributed by atoms with E-state index in [4.69, 9.17) is 14.2 Å². The summed E-state index contributed by atoms with van der Waals surface area (Å²) in [5.41, 5.74) is 2.31. The maximum Gasteiger partial charge on any atom is 0.508 e. The number of methoxy groups -OCH3 is 1. The highest BCUT2D eigenvalue weighted by atomic mass is 16.7. The second kappa shape index (κ2) is 4.37. The highest BCUT2D eigenvalue weighted by Gasteiger charge is 2.58. The van der Waals surface area contributed by atoms with Crippen LogP contribution in [0.25, 0.3) is 0 Å². The van der Waals surface area contributed by atoms with Crippen molar-refractivity contribution in [3.63, 3.8) is 0 Å². The third-order valence-electron chi connectivity index (χ3n) is 5.32. The normalized spacial score (nSPS) is 34.3. The van der Waals surface area contributed by atoms with E-state index in [2.05, 4.69) is 24.1 Å². The third-order valence-corrected chi connectivity index (χ3v) is 5.32. The van der Waals surface area contributed by atoms with Crippen molar-refractivity contribution in [1.82, 2.24) is 4.90 Å². The fraction of sp³-hybridized carbons (Fsp3) is 0.562. The van der Waals surface area contributed by atoms with Crippen LogP contribution in [0.15, 0.2) is 18.2 Å². The Labute approximate surface area is 123 Å². The molecule has 2 saturated heterocycles. The van der Waals surface area contributed by atoms with Gasteiger partial charge in [0.05, 0.1) is 18.6 Å². The number of fused-ring (bicyclic) bond motifs is 1. The minimum absolute atomic E-state index is 0.128. The molecule has 1 aromatic rings. The first-order valence-electron chi connectivity index (χ1n) is 7.35. The number of carbonyl (C=O) groups is 1. The summed E-state index contributed by atoms with van der Waals surface area (Å²) >= 11 is 0. The van der Waals surface area contributed by atoms with Crippen LogP contribution in [0.3, 0.4) is 0 Å². The van der Waals surface area contributed by atoms with E-state index in [0.717, 1.165) is 25.1 Å². The van der Waals surface area contributed by atoms with E-state index in [0.29, 0.717) is 6.61 Å². The van der Waals surface area contributed by atoms with Crippen molar-refractivity contribution in [1.29, 1.82) is 0 Å². The lowest BCUT2D eigenvalue weighted by atomic mass is 9.62. The van der Waals surface area contributed by atoms with Gasteiger partial charge >= 0.3 is 6.16 Å². The van der Waals surface area contributed by atoms with Gasteiger partial charge in [0.1, 0.15) is 18.5 Å². The molecule has 0 spiro atoms. The highest BCUT2D eigenvalue weighted by molar-refractivity contribution is 5.63. The number of carbonyl (C=O) groups excluding carboxylic acids is 1. The predicted octanol–water partition coefficient (Wildman–Crippen LogP) is 1.73. The Morgan fingerprint density at radius 2 is 2.29 bits per heavy atom. The van der Waals surface area contributed by atoms with Crippen LogP contribution in [0.4, 0.5) is 4.79 Å². The molecule has 2 aliphatic heterocycles. The van der Waals surface area contributed by atoms with Gasteiger partial charge in [0.15, 0.2) is 0 Å². The number of hydrogen-bond donors (Lipinski definition) is 0. The van der Waals surface area contributed by atoms with Crippen molar-refractivity contribution >= 4 is 6.16 Å². The van der Waals surface area contributed by atoms with Gasteiger partial charge in [0.25, 0.3) is 0 Å². The first kappa shape index (κ1) is 13.0. The summed E-state index contributed by atoms with van der Waals surface area (Å²) in [6.45, 7) is 1.39. The number of nitrogens with zero attached hydrogens (tertiary/aromatic N) is 1. The summed E-state index contributed by atoms with van der Waals surface area (Å²) in [5, 5.41) is 0. The maximum atomic E-state index is 11.6. The molecular weight excluding hydrogens is 270 g/mol. The van der Waals surface area contributed by atoms with E-state index in [1.54, 1.807) is 7.11 Å². The van der Waals surface area contributed by atoms with Crippen LogP contribution in [-0.4, -0.2) is 50.5 Å². The van der Waals surface area contributed by atoms with Crippen LogP contribution in [-0.2, 0) is 21.3 Å². The third kappa shape index (κ3) is 1.70. The number of benzene rings is 1. The Morgan fingerprint density at radius 3 is 3.10 bits per heavy atom. The van der Waals surface area contributed by atoms with Gasteiger partial charge in [-0.05, 0) is 49.7 Å². The number of likely N-dealkylation sites (N-methyl/N-ethyl adjacent to an activating group) is 1. The molecule has 3 atom stereocenters. The molecule has 0 saturated carbocycles. The first-order valence-corrected chi connectivity index (χ1v) is 7.35. The standard InChI is InChI=1S/C16H19NO4/c1-17-6-5-16-9-20-15(18)21-14(16)13(17)7-10-3-4-11(19-2)8-12(10)16/h3-4,8,13-14H,5-7,9H2,1-2H3/t13-,14+,16-/m1/s1. The molecule has 0 N–H and O–H groups in total. The average molecular weight is 289 g/mol. The number of rotatable bonds is 1. The van der Waals surface area contributed by atoms with Crippen molar-refractivity contribution in [2.24, 2.45) is 0 Å². The van der Waals surface area contributed by atoms with Crippen molar-refractivity contribution in [2.75, 3.05) is 27.3 Å². The monoisotopic (exact) mass is 289 g/mol. The summed E-state index contributed by atoms with van der Waals surface area (Å²) in [7, 11) is 3.78. The van der Waals surface area contributed by atoms with Gasteiger partial charge in [0, 0.05) is 0 Å². The summed E-state index contributed by atoms with van der Waals surface area (Å²) in [6, 6.07) is 6.45. The van der Waals surface area contributed by atoms with Crippen LogP contribution < -0.4 is 4.74 Å². The second-order valence-corrected chi connectivity index (χ2v) is 6.26. The average Bonchev–Trinajstić information content (AvgIpc) is 2.50. The minimum atomic E-state index is -0.540. The summed E-state index contributed by atoms with van der Waals surface area (Å²) in [6.07, 6.45) is 1.16. The summed E-state index contributed by atoms with van der Waals surface area (Å²) in [5.74, 6) is 0.844. The van der Waals surface area contributed by atoms with Crippen LogP contribution in [0.2, 0.25) is 0 Å². The number of hydrogen-bond acceptors (Lipinski definition) is 5. The van der Waals surface area contributed by atoms with Gasteiger partial charge in [-0.3, -0.25) is 4.90 Å². The zero-order valence-corrected chi connectivity index (χ0v) is 12.3. The fourth-order valence-corrected chi connectivity index (χ4v) is 4.13. The first-order chi connectivity index (χ1) is 10.1. The molecule has 1 aromatic carbocycles. The van der Waals surface area contributed by atoms with Crippen LogP contribution in [0.5, 0.6) is 5.75 Å².